The Hall–Kier alpha value is -1.79. The molecule has 2 rings (SSSR count). The Morgan fingerprint density at radius 3 is 2.53 bits per heavy atom. The zero-order chi connectivity index (χ0) is 14.0. The first-order valence-corrected chi connectivity index (χ1v) is 5.95. The fraction of sp³-hybridized carbons (Fsp3) is 0.182. The van der Waals surface area contributed by atoms with Gasteiger partial charge in [-0.15, -0.1) is 0 Å². The monoisotopic (exact) mass is 302 g/mol. The number of carboxylic acid groups (broad SMARTS) is 1. The second-order valence-corrected chi connectivity index (χ2v) is 4.54. The number of aliphatic carboxylic acids is 1. The van der Waals surface area contributed by atoms with E-state index in [4.69, 9.17) is 33.1 Å². The highest BCUT2D eigenvalue weighted by atomic mass is 35.5. The molecule has 1 aliphatic heterocycles. The van der Waals surface area contributed by atoms with E-state index in [9.17, 15) is 9.59 Å². The summed E-state index contributed by atoms with van der Waals surface area (Å²) in [6.45, 7) is 0. The van der Waals surface area contributed by atoms with Crippen LogP contribution in [0.4, 0.5) is 5.69 Å². The summed E-state index contributed by atoms with van der Waals surface area (Å²) in [5.74, 6) is -1.78. The van der Waals surface area contributed by atoms with Crippen LogP contribution in [-0.2, 0) is 14.4 Å². The molecule has 0 fully saturated rings. The summed E-state index contributed by atoms with van der Waals surface area (Å²) in [6.07, 6.45) is -1.11. The SMILES string of the molecule is O=C(O)C1=NOC(C(=O)Nc2c(Cl)cccc2Cl)C1. The molecule has 1 unspecified atom stereocenters. The highest BCUT2D eigenvalue weighted by Gasteiger charge is 2.32. The van der Waals surface area contributed by atoms with E-state index in [2.05, 4.69) is 10.5 Å². The highest BCUT2D eigenvalue weighted by Crippen LogP contribution is 2.30. The van der Waals surface area contributed by atoms with Crippen LogP contribution in [-0.4, -0.2) is 28.8 Å². The average Bonchev–Trinajstić information content (AvgIpc) is 2.83. The number of rotatable bonds is 3. The Balaban J connectivity index is 2.06. The van der Waals surface area contributed by atoms with E-state index in [0.29, 0.717) is 0 Å². The molecule has 0 aromatic heterocycles. The van der Waals surface area contributed by atoms with E-state index in [-0.39, 0.29) is 27.9 Å². The van der Waals surface area contributed by atoms with Gasteiger partial charge in [0.1, 0.15) is 0 Å². The molecule has 0 radical (unpaired) electrons. The number of amides is 1. The van der Waals surface area contributed by atoms with Gasteiger partial charge in [0.25, 0.3) is 5.91 Å². The van der Waals surface area contributed by atoms with Crippen molar-refractivity contribution in [3.05, 3.63) is 28.2 Å². The second kappa shape index (κ2) is 5.46. The first-order chi connectivity index (χ1) is 8.99. The number of carbonyl (C=O) groups is 2. The third-order valence-electron chi connectivity index (χ3n) is 2.42. The smallest absolute Gasteiger partial charge is 0.353 e. The standard InChI is InChI=1S/C11H8Cl2N2O4/c12-5-2-1-3-6(13)9(5)14-10(16)8-4-7(11(17)18)15-19-8/h1-3,8H,4H2,(H,14,16)(H,17,18). The third-order valence-corrected chi connectivity index (χ3v) is 3.05. The predicted octanol–water partition coefficient (Wildman–Crippen LogP) is 2.16. The molecule has 0 aliphatic carbocycles. The fourth-order valence-electron chi connectivity index (χ4n) is 1.47. The van der Waals surface area contributed by atoms with E-state index in [1.807, 2.05) is 0 Å². The minimum absolute atomic E-state index is 0.108. The fourth-order valence-corrected chi connectivity index (χ4v) is 1.96. The minimum Gasteiger partial charge on any atom is -0.477 e. The van der Waals surface area contributed by atoms with Crippen molar-refractivity contribution in [2.75, 3.05) is 5.32 Å². The van der Waals surface area contributed by atoms with Gasteiger partial charge in [0.15, 0.2) is 5.71 Å². The van der Waals surface area contributed by atoms with Crippen molar-refractivity contribution in [1.29, 1.82) is 0 Å². The third kappa shape index (κ3) is 2.97. The summed E-state index contributed by atoms with van der Waals surface area (Å²) in [4.78, 5) is 27.3. The topological polar surface area (TPSA) is 88.0 Å². The predicted molar refractivity (Wildman–Crippen MR) is 69.7 cm³/mol. The maximum Gasteiger partial charge on any atom is 0.353 e. The van der Waals surface area contributed by atoms with Gasteiger partial charge in [-0.1, -0.05) is 34.4 Å². The number of carbonyl (C=O) groups excluding carboxylic acids is 1. The van der Waals surface area contributed by atoms with Crippen LogP contribution in [0.15, 0.2) is 23.4 Å². The summed E-state index contributed by atoms with van der Waals surface area (Å²) < 4.78 is 0. The van der Waals surface area contributed by atoms with Crippen LogP contribution in [0.3, 0.4) is 0 Å². The van der Waals surface area contributed by atoms with E-state index in [1.165, 1.54) is 0 Å². The molecule has 1 atom stereocenters. The molecule has 0 saturated heterocycles. The van der Waals surface area contributed by atoms with Crippen LogP contribution in [0.25, 0.3) is 0 Å². The summed E-state index contributed by atoms with van der Waals surface area (Å²) in [5, 5.41) is 15.1. The molecule has 6 nitrogen and oxygen atoms in total. The van der Waals surface area contributed by atoms with Gasteiger partial charge in [0.05, 0.1) is 15.7 Å². The van der Waals surface area contributed by atoms with E-state index in [0.717, 1.165) is 0 Å². The van der Waals surface area contributed by atoms with Gasteiger partial charge >= 0.3 is 5.97 Å². The minimum atomic E-state index is -1.22. The van der Waals surface area contributed by atoms with E-state index >= 15 is 0 Å². The van der Waals surface area contributed by atoms with E-state index < -0.39 is 18.0 Å². The maximum absolute atomic E-state index is 11.9. The number of nitrogens with one attached hydrogen (secondary N) is 1. The Morgan fingerprint density at radius 1 is 1.37 bits per heavy atom. The van der Waals surface area contributed by atoms with Gasteiger partial charge in [0, 0.05) is 6.42 Å². The van der Waals surface area contributed by atoms with Crippen LogP contribution in [0.5, 0.6) is 0 Å². The van der Waals surface area contributed by atoms with Gasteiger partial charge in [-0.2, -0.15) is 0 Å². The van der Waals surface area contributed by atoms with Crippen LogP contribution in [0.1, 0.15) is 6.42 Å². The normalized spacial score (nSPS) is 17.6. The molecule has 1 aromatic carbocycles. The summed E-state index contributed by atoms with van der Waals surface area (Å²) in [6, 6.07) is 4.77. The van der Waals surface area contributed by atoms with Crippen molar-refractivity contribution in [3.8, 4) is 0 Å². The maximum atomic E-state index is 11.9. The largest absolute Gasteiger partial charge is 0.477 e. The van der Waals surface area contributed by atoms with Crippen molar-refractivity contribution in [3.63, 3.8) is 0 Å². The molecule has 1 aliphatic rings. The summed E-state index contributed by atoms with van der Waals surface area (Å²) >= 11 is 11.8. The van der Waals surface area contributed by atoms with Gasteiger partial charge in [-0.25, -0.2) is 4.79 Å². The van der Waals surface area contributed by atoms with Crippen molar-refractivity contribution in [2.24, 2.45) is 5.16 Å². The van der Waals surface area contributed by atoms with Crippen molar-refractivity contribution in [2.45, 2.75) is 12.5 Å². The number of oxime groups is 1. The van der Waals surface area contributed by atoms with Gasteiger partial charge in [-0.3, -0.25) is 4.79 Å². The molecule has 0 saturated carbocycles. The number of benzene rings is 1. The average molecular weight is 303 g/mol. The van der Waals surface area contributed by atoms with Crippen LogP contribution in [0.2, 0.25) is 10.0 Å². The quantitative estimate of drug-likeness (QED) is 0.895. The zero-order valence-electron chi connectivity index (χ0n) is 9.39. The Kier molecular flexibility index (Phi) is 3.92. The molecule has 1 heterocycles. The van der Waals surface area contributed by atoms with Gasteiger partial charge < -0.3 is 15.3 Å². The van der Waals surface area contributed by atoms with Gasteiger partial charge in [0.2, 0.25) is 6.10 Å². The molecule has 1 aromatic rings. The Morgan fingerprint density at radius 2 is 2.00 bits per heavy atom. The summed E-state index contributed by atoms with van der Waals surface area (Å²) in [5.41, 5.74) is 0.0496. The number of halogens is 2. The number of anilines is 1. The molecule has 0 bridgehead atoms. The van der Waals surface area contributed by atoms with Crippen LogP contribution in [0, 0.1) is 0 Å². The van der Waals surface area contributed by atoms with Gasteiger partial charge in [-0.05, 0) is 12.1 Å². The number of carboxylic acids is 1. The molecular weight excluding hydrogens is 295 g/mol. The van der Waals surface area contributed by atoms with Crippen LogP contribution >= 0.6 is 23.2 Å². The van der Waals surface area contributed by atoms with Crippen molar-refractivity contribution in [1.82, 2.24) is 0 Å². The summed E-state index contributed by atoms with van der Waals surface area (Å²) in [7, 11) is 0. The molecule has 0 spiro atoms. The lowest BCUT2D eigenvalue weighted by molar-refractivity contribution is -0.129. The lowest BCUT2D eigenvalue weighted by Gasteiger charge is -2.11. The second-order valence-electron chi connectivity index (χ2n) is 3.73. The molecule has 2 N–H and O–H groups in total. The first-order valence-electron chi connectivity index (χ1n) is 5.20. The zero-order valence-corrected chi connectivity index (χ0v) is 10.9. The molecule has 8 heteroatoms. The molecule has 1 amide bonds. The lowest BCUT2D eigenvalue weighted by Crippen LogP contribution is -2.29. The van der Waals surface area contributed by atoms with Crippen molar-refractivity contribution < 1.29 is 19.5 Å². The first kappa shape index (κ1) is 13.6. The van der Waals surface area contributed by atoms with Crippen LogP contribution < -0.4 is 5.32 Å². The number of hydrogen-bond acceptors (Lipinski definition) is 4. The Labute approximate surface area is 117 Å². The lowest BCUT2D eigenvalue weighted by atomic mass is 10.1. The molecule has 19 heavy (non-hydrogen) atoms. The van der Waals surface area contributed by atoms with Crippen molar-refractivity contribution >= 4 is 46.5 Å². The highest BCUT2D eigenvalue weighted by molar-refractivity contribution is 6.40. The number of hydrogen-bond donors (Lipinski definition) is 2. The van der Waals surface area contributed by atoms with E-state index in [1.54, 1.807) is 18.2 Å². The molecular formula is C11H8Cl2N2O4. The molecule has 100 valence electrons. The number of para-hydroxylation sites is 1. The Bertz CT molecular complexity index is 554. The number of nitrogens with zero attached hydrogens (tertiary/aromatic N) is 1.